The van der Waals surface area contributed by atoms with Crippen LogP contribution in [0, 0.1) is 5.92 Å². The van der Waals surface area contributed by atoms with Gasteiger partial charge < -0.3 is 80.0 Å². The Kier molecular flexibility index (Phi) is 26.7. The number of nitrogens with two attached hydrogens (primary N) is 2. The zero-order valence-electron chi connectivity index (χ0n) is 41.0. The van der Waals surface area contributed by atoms with Crippen molar-refractivity contribution in [2.45, 2.75) is 127 Å². The summed E-state index contributed by atoms with van der Waals surface area (Å²) < 4.78 is 0. The molecule has 17 N–H and O–H groups in total. The highest BCUT2D eigenvalue weighted by atomic mass is 32.1. The van der Waals surface area contributed by atoms with Crippen LogP contribution in [0.2, 0.25) is 0 Å². The number of aliphatic imine (C=N–C) groups is 1. The molecule has 0 aromatic heterocycles. The first kappa shape index (κ1) is 62.9. The Morgan fingerprint density at radius 1 is 0.608 bits per heavy atom. The second-order valence-corrected chi connectivity index (χ2v) is 18.1. The number of nitrogens with one attached hydrogen (secondary N) is 10. The molecule has 74 heavy (non-hydrogen) atoms. The number of guanidine groups is 1. The van der Waals surface area contributed by atoms with E-state index in [2.05, 4.69) is 83.4 Å². The minimum absolute atomic E-state index is 0.0198. The molecule has 0 unspecified atom stereocenters. The number of nitrogens with zero attached hydrogens (tertiary/aromatic N) is 1. The zero-order valence-corrected chi connectivity index (χ0v) is 42.8. The van der Waals surface area contributed by atoms with Crippen LogP contribution in [-0.4, -0.2) is 177 Å². The maximum absolute atomic E-state index is 14.3. The molecule has 0 bridgehead atoms. The number of carboxylic acid groups (broad SMARTS) is 2. The van der Waals surface area contributed by atoms with Crippen LogP contribution in [0.25, 0.3) is 0 Å². The summed E-state index contributed by atoms with van der Waals surface area (Å²) in [6, 6.07) is -6.08. The van der Waals surface area contributed by atoms with Gasteiger partial charge in [-0.1, -0.05) is 44.2 Å². The van der Waals surface area contributed by atoms with Gasteiger partial charge in [0.2, 0.25) is 59.1 Å². The highest BCUT2D eigenvalue weighted by molar-refractivity contribution is 7.80. The quantitative estimate of drug-likeness (QED) is 0.0337. The van der Waals surface area contributed by atoms with E-state index in [0.717, 1.165) is 13.8 Å². The van der Waals surface area contributed by atoms with Crippen LogP contribution in [0.4, 0.5) is 0 Å². The van der Waals surface area contributed by atoms with Crippen molar-refractivity contribution in [3.63, 3.8) is 0 Å². The molecule has 28 nitrogen and oxygen atoms in total. The smallest absolute Gasteiger partial charge is 0.305 e. The third kappa shape index (κ3) is 21.9. The van der Waals surface area contributed by atoms with Crippen molar-refractivity contribution >= 4 is 102 Å². The molecule has 1 aliphatic heterocycles. The Labute approximate surface area is 436 Å². The van der Waals surface area contributed by atoms with Crippen molar-refractivity contribution < 1.29 is 72.9 Å². The predicted molar refractivity (Wildman–Crippen MR) is 269 cm³/mol. The summed E-state index contributed by atoms with van der Waals surface area (Å²) in [5.41, 5.74) is 11.5. The second-order valence-electron chi connectivity index (χ2n) is 17.4. The largest absolute Gasteiger partial charge is 0.481 e. The summed E-state index contributed by atoms with van der Waals surface area (Å²) in [5.74, 6) is -15.3. The van der Waals surface area contributed by atoms with E-state index in [1.54, 1.807) is 30.3 Å². The topological polar surface area (TPSA) is 450 Å². The Morgan fingerprint density at radius 3 is 1.64 bits per heavy atom. The first-order valence-corrected chi connectivity index (χ1v) is 24.5. The Bertz CT molecular complexity index is 2220. The lowest BCUT2D eigenvalue weighted by Gasteiger charge is -2.29. The van der Waals surface area contributed by atoms with Gasteiger partial charge in [-0.25, -0.2) is 0 Å². The van der Waals surface area contributed by atoms with Gasteiger partial charge in [-0.2, -0.15) is 25.3 Å². The van der Waals surface area contributed by atoms with Crippen molar-refractivity contribution in [2.24, 2.45) is 22.4 Å². The number of aliphatic hydroxyl groups excluding tert-OH is 1. The van der Waals surface area contributed by atoms with E-state index < -0.39 is 163 Å². The summed E-state index contributed by atoms with van der Waals surface area (Å²) in [6.07, 6.45) is -4.28. The van der Waals surface area contributed by atoms with E-state index in [4.69, 9.17) is 11.5 Å². The second kappa shape index (κ2) is 31.4. The van der Waals surface area contributed by atoms with Crippen molar-refractivity contribution in [3.05, 3.63) is 35.9 Å². The standard InChI is InChI=1S/C44H67N13O15S2/c1-20(2)33-43(72)54-27(16-32(62)63)38(67)49-21(3)35(64)51-25(12-13-31(60)61)37(66)57-34(22(4)58)42(71)48-17-30(59)50-28(18-73)40(69)55-29(19-74)41(70)53-26(15-23-9-6-5-7-10-23)39(68)52-24(36(65)56-33)11-8-14-47-44(45)46/h5-7,9-10,20-22,24-29,33-34,58,73-74H,8,11-19H2,1-4H3,(H,48,71)(H,49,67)(H,50,59)(H,51,64)(H,52,68)(H,53,70)(H,54,72)(H,55,69)(H,56,65)(H,57,66)(H,60,61)(H,62,63)(H4,45,46,47)/t21-,22+,24-,25-,26-,27-,28-,29-,33-,34-/m0/s1. The maximum atomic E-state index is 14.3. The van der Waals surface area contributed by atoms with Crippen molar-refractivity contribution in [3.8, 4) is 0 Å². The Hall–Kier alpha value is -7.21. The molecule has 0 radical (unpaired) electrons. The lowest BCUT2D eigenvalue weighted by Crippen LogP contribution is -2.62. The molecule has 10 amide bonds. The molecular weight excluding hydrogens is 1010 g/mol. The van der Waals surface area contributed by atoms with Crippen LogP contribution in [0.3, 0.4) is 0 Å². The number of benzene rings is 1. The van der Waals surface area contributed by atoms with Crippen LogP contribution >= 0.6 is 25.3 Å². The molecule has 1 aromatic carbocycles. The minimum atomic E-state index is -1.90. The SMILES string of the molecule is CC(C)[C@@H]1NC(=O)[C@H](CCCN=C(N)N)NC(=O)[C@H](Cc2ccccc2)NC(=O)[C@H](CS)NC(=O)[C@H](CS)NC(=O)CNC(=O)[C@H]([C@@H](C)O)NC(=O)[C@H](CCC(=O)O)NC(=O)[C@H](C)NC(=O)[C@H](CC(=O)O)NC1=O. The van der Waals surface area contributed by atoms with E-state index in [-0.39, 0.29) is 43.3 Å². The van der Waals surface area contributed by atoms with Gasteiger partial charge in [0.1, 0.15) is 54.4 Å². The summed E-state index contributed by atoms with van der Waals surface area (Å²) in [5, 5.41) is 53.0. The number of amides is 10. The fraction of sp³-hybridized carbons (Fsp3) is 0.568. The van der Waals surface area contributed by atoms with Gasteiger partial charge in [0, 0.05) is 30.9 Å². The van der Waals surface area contributed by atoms with E-state index in [0.29, 0.717) is 5.56 Å². The number of carboxylic acids is 2. The third-order valence-electron chi connectivity index (χ3n) is 10.9. The van der Waals surface area contributed by atoms with Crippen molar-refractivity contribution in [1.82, 2.24) is 53.2 Å². The zero-order chi connectivity index (χ0) is 55.8. The Morgan fingerprint density at radius 2 is 1.09 bits per heavy atom. The molecule has 1 aromatic rings. The van der Waals surface area contributed by atoms with Crippen LogP contribution in [0.5, 0.6) is 0 Å². The molecule has 1 aliphatic rings. The summed E-state index contributed by atoms with van der Waals surface area (Å²) in [7, 11) is 0. The molecule has 1 saturated heterocycles. The average molecular weight is 1080 g/mol. The maximum Gasteiger partial charge on any atom is 0.305 e. The van der Waals surface area contributed by atoms with Crippen molar-refractivity contribution in [1.29, 1.82) is 0 Å². The number of carbonyl (C=O) groups excluding carboxylic acids is 10. The van der Waals surface area contributed by atoms with Gasteiger partial charge in [-0.3, -0.25) is 62.5 Å². The lowest BCUT2D eigenvalue weighted by molar-refractivity contribution is -0.142. The fourth-order valence-corrected chi connectivity index (χ4v) is 7.38. The van der Waals surface area contributed by atoms with Crippen LogP contribution in [-0.2, 0) is 64.0 Å². The van der Waals surface area contributed by atoms with E-state index in [9.17, 15) is 72.9 Å². The first-order valence-electron chi connectivity index (χ1n) is 23.2. The van der Waals surface area contributed by atoms with Crippen molar-refractivity contribution in [2.75, 3.05) is 24.6 Å². The number of carbonyl (C=O) groups is 12. The molecule has 0 aliphatic carbocycles. The molecule has 30 heteroatoms. The normalized spacial score (nSPS) is 25.4. The fourth-order valence-electron chi connectivity index (χ4n) is 6.87. The van der Waals surface area contributed by atoms with E-state index in [1.807, 2.05) is 0 Å². The van der Waals surface area contributed by atoms with Crippen LogP contribution in [0.15, 0.2) is 35.3 Å². The molecule has 2 rings (SSSR count). The number of hydrogen-bond donors (Lipinski definition) is 17. The average Bonchev–Trinajstić information content (AvgIpc) is 3.33. The number of thiol groups is 2. The van der Waals surface area contributed by atoms with Gasteiger partial charge >= 0.3 is 11.9 Å². The van der Waals surface area contributed by atoms with Crippen LogP contribution < -0.4 is 64.6 Å². The summed E-state index contributed by atoms with van der Waals surface area (Å²) in [4.78, 5) is 164. The van der Waals surface area contributed by atoms with Gasteiger partial charge in [0.05, 0.1) is 19.1 Å². The molecule has 1 heterocycles. The number of aliphatic hydroxyl groups is 1. The van der Waals surface area contributed by atoms with E-state index in [1.165, 1.54) is 13.8 Å². The Balaban J connectivity index is 2.71. The van der Waals surface area contributed by atoms with Crippen LogP contribution in [0.1, 0.15) is 65.4 Å². The van der Waals surface area contributed by atoms with Gasteiger partial charge in [0.15, 0.2) is 5.96 Å². The number of aliphatic carboxylic acids is 2. The number of rotatable bonds is 15. The molecule has 410 valence electrons. The van der Waals surface area contributed by atoms with Gasteiger partial charge in [0.25, 0.3) is 0 Å². The highest BCUT2D eigenvalue weighted by Crippen LogP contribution is 2.11. The minimum Gasteiger partial charge on any atom is -0.481 e. The summed E-state index contributed by atoms with van der Waals surface area (Å²) >= 11 is 8.34. The monoisotopic (exact) mass is 1080 g/mol. The molecule has 10 atom stereocenters. The lowest BCUT2D eigenvalue weighted by atomic mass is 10.0. The molecule has 0 saturated carbocycles. The summed E-state index contributed by atoms with van der Waals surface area (Å²) in [6.45, 7) is 4.32. The highest BCUT2D eigenvalue weighted by Gasteiger charge is 2.37. The predicted octanol–water partition coefficient (Wildman–Crippen LogP) is -5.97. The number of hydrogen-bond acceptors (Lipinski definition) is 16. The van der Waals surface area contributed by atoms with Gasteiger partial charge in [-0.05, 0) is 44.6 Å². The molecule has 1 fully saturated rings. The first-order chi connectivity index (χ1) is 34.8. The molecular formula is C44H67N13O15S2. The van der Waals surface area contributed by atoms with Gasteiger partial charge in [-0.15, -0.1) is 0 Å². The third-order valence-corrected chi connectivity index (χ3v) is 11.7. The van der Waals surface area contributed by atoms with E-state index >= 15 is 0 Å². The molecule has 0 spiro atoms.